The predicted octanol–water partition coefficient (Wildman–Crippen LogP) is 4.46. The molecule has 2 aliphatic rings. The summed E-state index contributed by atoms with van der Waals surface area (Å²) in [4.78, 5) is 0. The number of nitriles is 2. The maximum absolute atomic E-state index is 11.5. The third-order valence-electron chi connectivity index (χ3n) is 7.66. The summed E-state index contributed by atoms with van der Waals surface area (Å²) in [5, 5.41) is 53.9. The molecular weight excluding hydrogens is 470 g/mol. The Morgan fingerprint density at radius 3 is 2.38 bits per heavy atom. The Morgan fingerprint density at radius 2 is 1.68 bits per heavy atom. The van der Waals surface area contributed by atoms with Gasteiger partial charge in [0.05, 0.1) is 52.8 Å². The molecule has 1 aromatic heterocycles. The summed E-state index contributed by atoms with van der Waals surface area (Å²) in [7, 11) is 0. The third-order valence-corrected chi connectivity index (χ3v) is 7.66. The monoisotopic (exact) mass is 493 g/mol. The van der Waals surface area contributed by atoms with Crippen LogP contribution in [0, 0.1) is 22.7 Å². The lowest BCUT2D eigenvalue weighted by molar-refractivity contribution is -0.107. The van der Waals surface area contributed by atoms with Crippen LogP contribution in [0.25, 0.3) is 16.5 Å². The van der Waals surface area contributed by atoms with Gasteiger partial charge in [0, 0.05) is 23.6 Å². The lowest BCUT2D eigenvalue weighted by atomic mass is 9.76. The van der Waals surface area contributed by atoms with E-state index in [-0.39, 0.29) is 24.8 Å². The molecule has 2 bridgehead atoms. The molecule has 0 radical (unpaired) electrons. The minimum absolute atomic E-state index is 0.170. The highest BCUT2D eigenvalue weighted by atomic mass is 16.6. The van der Waals surface area contributed by atoms with Crippen molar-refractivity contribution in [1.29, 1.82) is 10.5 Å². The van der Waals surface area contributed by atoms with Crippen LogP contribution in [0.15, 0.2) is 60.7 Å². The summed E-state index contributed by atoms with van der Waals surface area (Å²) < 4.78 is 13.6. The van der Waals surface area contributed by atoms with Crippen LogP contribution in [0.3, 0.4) is 0 Å². The van der Waals surface area contributed by atoms with Crippen LogP contribution in [0.5, 0.6) is 17.5 Å². The van der Waals surface area contributed by atoms with Crippen molar-refractivity contribution in [1.82, 2.24) is 4.57 Å². The molecule has 3 heterocycles. The van der Waals surface area contributed by atoms with Gasteiger partial charge in [-0.15, -0.1) is 0 Å². The fourth-order valence-electron chi connectivity index (χ4n) is 5.88. The van der Waals surface area contributed by atoms with Crippen LogP contribution < -0.4 is 4.74 Å². The Balaban J connectivity index is 1.43. The molecule has 4 aromatic rings. The number of hydrogen-bond acceptors (Lipinski definition) is 7. The Hall–Kier alpha value is -4.50. The summed E-state index contributed by atoms with van der Waals surface area (Å²) in [6, 6.07) is 21.7. The lowest BCUT2D eigenvalue weighted by Crippen LogP contribution is -2.33. The first-order valence-corrected chi connectivity index (χ1v) is 11.9. The average molecular weight is 494 g/mol. The molecule has 3 atom stereocenters. The zero-order valence-corrected chi connectivity index (χ0v) is 20.0. The third kappa shape index (κ3) is 3.14. The van der Waals surface area contributed by atoms with E-state index in [0.29, 0.717) is 50.9 Å². The number of hydrogen-bond donors (Lipinski definition) is 3. The molecule has 8 heteroatoms. The minimum atomic E-state index is -1.21. The number of ether oxygens (including phenoxy) is 2. The second kappa shape index (κ2) is 8.01. The van der Waals surface area contributed by atoms with Gasteiger partial charge < -0.3 is 24.8 Å². The Morgan fingerprint density at radius 1 is 0.973 bits per heavy atom. The number of aromatic nitrogens is 1. The van der Waals surface area contributed by atoms with E-state index < -0.39 is 17.3 Å². The van der Waals surface area contributed by atoms with Gasteiger partial charge >= 0.3 is 0 Å². The van der Waals surface area contributed by atoms with E-state index in [1.165, 1.54) is 4.57 Å². The van der Waals surface area contributed by atoms with Crippen molar-refractivity contribution in [2.45, 2.75) is 37.1 Å². The van der Waals surface area contributed by atoms with Crippen LogP contribution >= 0.6 is 0 Å². The van der Waals surface area contributed by atoms with Gasteiger partial charge in [-0.25, -0.2) is 0 Å². The molecule has 3 N–H and O–H groups in total. The van der Waals surface area contributed by atoms with Gasteiger partial charge in [0.2, 0.25) is 11.8 Å². The quantitative estimate of drug-likeness (QED) is 0.374. The van der Waals surface area contributed by atoms with Crippen molar-refractivity contribution in [2.24, 2.45) is 0 Å². The van der Waals surface area contributed by atoms with Gasteiger partial charge in [-0.05, 0) is 43.3 Å². The van der Waals surface area contributed by atoms with E-state index in [1.807, 2.05) is 24.3 Å². The topological polar surface area (TPSA) is 132 Å². The zero-order chi connectivity index (χ0) is 25.9. The maximum Gasteiger partial charge on any atom is 0.205 e. The predicted molar refractivity (Wildman–Crippen MR) is 133 cm³/mol. The van der Waals surface area contributed by atoms with Crippen molar-refractivity contribution in [2.75, 3.05) is 6.61 Å². The molecule has 0 amide bonds. The normalized spacial score (nSPS) is 23.5. The van der Waals surface area contributed by atoms with Crippen molar-refractivity contribution in [3.05, 3.63) is 82.9 Å². The van der Waals surface area contributed by atoms with Crippen LogP contribution in [-0.2, 0) is 15.9 Å². The van der Waals surface area contributed by atoms with Crippen LogP contribution in [0.1, 0.15) is 42.0 Å². The van der Waals surface area contributed by atoms with Gasteiger partial charge in [-0.3, -0.25) is 4.57 Å². The van der Waals surface area contributed by atoms with E-state index in [2.05, 4.69) is 12.1 Å². The molecule has 0 saturated carbocycles. The summed E-state index contributed by atoms with van der Waals surface area (Å²) in [6.07, 6.45) is -0.343. The minimum Gasteiger partial charge on any atom is -0.494 e. The summed E-state index contributed by atoms with van der Waals surface area (Å²) >= 11 is 0. The molecule has 1 saturated heterocycles. The largest absolute Gasteiger partial charge is 0.494 e. The van der Waals surface area contributed by atoms with Gasteiger partial charge in [0.15, 0.2) is 0 Å². The smallest absolute Gasteiger partial charge is 0.205 e. The van der Waals surface area contributed by atoms with Crippen molar-refractivity contribution in [3.63, 3.8) is 0 Å². The number of fused-ring (bicyclic) bond motifs is 6. The van der Waals surface area contributed by atoms with E-state index in [0.717, 1.165) is 0 Å². The standard InChI is InChI=1S/C29H23N3O5/c1-28-23(33)14-29(37-28,12-13-36-19-9-6-17(15-30)7-10-19)25-24(28)26(34)32(27(25)35)22-11-8-18(16-31)20-4-2-3-5-21(20)22/h2-11,23,33-35H,12-14H2,1H3/t23-,28-,29+/m0/s1. The number of nitrogens with zero attached hydrogens (tertiary/aromatic N) is 3. The molecule has 184 valence electrons. The fourth-order valence-corrected chi connectivity index (χ4v) is 5.88. The first-order chi connectivity index (χ1) is 17.8. The van der Waals surface area contributed by atoms with Crippen molar-refractivity contribution < 1.29 is 24.8 Å². The Bertz CT molecular complexity index is 1650. The molecule has 2 aliphatic heterocycles. The summed E-state index contributed by atoms with van der Waals surface area (Å²) in [6.45, 7) is 1.94. The molecule has 0 aliphatic carbocycles. The van der Waals surface area contributed by atoms with Crippen LogP contribution in [0.4, 0.5) is 0 Å². The maximum atomic E-state index is 11.5. The Kier molecular flexibility index (Phi) is 4.96. The highest BCUT2D eigenvalue weighted by Crippen LogP contribution is 2.65. The summed E-state index contributed by atoms with van der Waals surface area (Å²) in [5.41, 5.74) is 0.0528. The number of aliphatic hydroxyl groups excluding tert-OH is 1. The van der Waals surface area contributed by atoms with E-state index >= 15 is 0 Å². The number of rotatable bonds is 5. The number of aromatic hydroxyl groups is 2. The highest BCUT2D eigenvalue weighted by Gasteiger charge is 2.66. The van der Waals surface area contributed by atoms with E-state index in [1.54, 1.807) is 43.3 Å². The SMILES string of the molecule is C[C@]12O[C@](CCOc3ccc(C#N)cc3)(C[C@@H]1O)c1c2c(O)n(-c2ccc(C#N)c3ccccc23)c1O. The molecule has 6 rings (SSSR count). The number of benzene rings is 3. The molecule has 3 aromatic carbocycles. The zero-order valence-electron chi connectivity index (χ0n) is 20.0. The first-order valence-electron chi connectivity index (χ1n) is 11.9. The van der Waals surface area contributed by atoms with Crippen LogP contribution in [0.2, 0.25) is 0 Å². The lowest BCUT2D eigenvalue weighted by Gasteiger charge is -2.26. The molecule has 1 fully saturated rings. The number of aliphatic hydroxyl groups is 1. The highest BCUT2D eigenvalue weighted by molar-refractivity contribution is 5.95. The van der Waals surface area contributed by atoms with E-state index in [4.69, 9.17) is 14.7 Å². The second-order valence-electron chi connectivity index (χ2n) is 9.68. The van der Waals surface area contributed by atoms with Gasteiger partial charge in [0.1, 0.15) is 17.0 Å². The molecule has 37 heavy (non-hydrogen) atoms. The van der Waals surface area contributed by atoms with Crippen LogP contribution in [-0.4, -0.2) is 32.6 Å². The second-order valence-corrected chi connectivity index (χ2v) is 9.68. The summed E-state index contributed by atoms with van der Waals surface area (Å²) in [5.74, 6) is 0.207. The fraction of sp³-hybridized carbons (Fsp3) is 0.241. The van der Waals surface area contributed by atoms with Crippen molar-refractivity contribution >= 4 is 10.8 Å². The first kappa shape index (κ1) is 22.9. The van der Waals surface area contributed by atoms with Crippen molar-refractivity contribution in [3.8, 4) is 35.3 Å². The van der Waals surface area contributed by atoms with Gasteiger partial charge in [0.25, 0.3) is 0 Å². The molecular formula is C29H23N3O5. The van der Waals surface area contributed by atoms with E-state index in [9.17, 15) is 20.6 Å². The Labute approximate surface area is 212 Å². The molecule has 0 unspecified atom stereocenters. The average Bonchev–Trinajstić information content (AvgIpc) is 3.44. The van der Waals surface area contributed by atoms with Gasteiger partial charge in [-0.1, -0.05) is 24.3 Å². The van der Waals surface area contributed by atoms with Gasteiger partial charge in [-0.2, -0.15) is 10.5 Å². The molecule has 0 spiro atoms. The molecule has 8 nitrogen and oxygen atoms in total.